The number of rotatable bonds is 4. The molecule has 0 saturated carbocycles. The number of aliphatic hydroxyl groups is 3. The monoisotopic (exact) mass is 176 g/mol. The Bertz CT molecular complexity index is 175. The van der Waals surface area contributed by atoms with Gasteiger partial charge in [0, 0.05) is 0 Å². The van der Waals surface area contributed by atoms with Gasteiger partial charge < -0.3 is 20.1 Å². The molecule has 3 N–H and O–H groups in total. The lowest BCUT2D eigenvalue weighted by molar-refractivity contribution is -0.141. The lowest BCUT2D eigenvalue weighted by Crippen LogP contribution is -2.13. The zero-order chi connectivity index (χ0) is 9.56. The first-order valence-electron chi connectivity index (χ1n) is 3.48. The number of ether oxygens (including phenoxy) is 1. The average Bonchev–Trinajstić information content (AvgIpc) is 2.04. The second-order valence-corrected chi connectivity index (χ2v) is 2.02. The Morgan fingerprint density at radius 2 is 2.25 bits per heavy atom. The Morgan fingerprint density at radius 1 is 1.67 bits per heavy atom. The van der Waals surface area contributed by atoms with E-state index < -0.39 is 24.4 Å². The molecular formula is C7H12O5. The average molecular weight is 176 g/mol. The van der Waals surface area contributed by atoms with E-state index in [1.807, 2.05) is 0 Å². The van der Waals surface area contributed by atoms with Crippen molar-refractivity contribution in [3.8, 4) is 0 Å². The maximum Gasteiger partial charge on any atom is 0.373 e. The Labute approximate surface area is 69.9 Å². The van der Waals surface area contributed by atoms with Gasteiger partial charge in [-0.25, -0.2) is 4.79 Å². The first-order chi connectivity index (χ1) is 5.61. The molecule has 0 aromatic heterocycles. The minimum atomic E-state index is -1.24. The Balaban J connectivity index is 4.07. The van der Waals surface area contributed by atoms with Crippen LogP contribution in [0.3, 0.4) is 0 Å². The van der Waals surface area contributed by atoms with Crippen LogP contribution in [0.1, 0.15) is 6.92 Å². The van der Waals surface area contributed by atoms with Gasteiger partial charge in [-0.3, -0.25) is 0 Å². The van der Waals surface area contributed by atoms with Crippen LogP contribution in [-0.2, 0) is 9.53 Å². The lowest BCUT2D eigenvalue weighted by Gasteiger charge is -2.02. The van der Waals surface area contributed by atoms with E-state index in [1.54, 1.807) is 6.92 Å². The highest BCUT2D eigenvalue weighted by Gasteiger charge is 2.09. The van der Waals surface area contributed by atoms with Crippen LogP contribution in [0.2, 0.25) is 0 Å². The topological polar surface area (TPSA) is 87.0 Å². The molecule has 0 amide bonds. The summed E-state index contributed by atoms with van der Waals surface area (Å²) in [6, 6.07) is 0. The molecule has 5 heteroatoms. The maximum absolute atomic E-state index is 10.7. The van der Waals surface area contributed by atoms with Crippen LogP contribution in [0.4, 0.5) is 0 Å². The number of carbonyl (C=O) groups is 1. The molecule has 0 fully saturated rings. The maximum atomic E-state index is 10.7. The van der Waals surface area contributed by atoms with Gasteiger partial charge in [0.05, 0.1) is 19.3 Å². The number of hydrogen-bond acceptors (Lipinski definition) is 5. The summed E-state index contributed by atoms with van der Waals surface area (Å²) in [5.41, 5.74) is 0. The minimum absolute atomic E-state index is 0.145. The molecule has 0 aliphatic heterocycles. The van der Waals surface area contributed by atoms with Crippen molar-refractivity contribution in [3.05, 3.63) is 11.8 Å². The summed E-state index contributed by atoms with van der Waals surface area (Å²) in [6.45, 7) is 1.18. The standard InChI is InChI=1S/C7H12O5/c1-2-12-7(11)6(10)3-5(9)4-8/h3,5,8-10H,2,4H2,1H3/b6-3-. The van der Waals surface area contributed by atoms with Crippen LogP contribution in [-0.4, -0.2) is 40.6 Å². The van der Waals surface area contributed by atoms with Gasteiger partial charge in [-0.05, 0) is 13.0 Å². The van der Waals surface area contributed by atoms with Crippen molar-refractivity contribution in [2.24, 2.45) is 0 Å². The molecule has 5 nitrogen and oxygen atoms in total. The molecule has 1 atom stereocenters. The Kier molecular flexibility index (Phi) is 5.07. The van der Waals surface area contributed by atoms with Gasteiger partial charge in [0.1, 0.15) is 0 Å². The molecule has 12 heavy (non-hydrogen) atoms. The summed E-state index contributed by atoms with van der Waals surface area (Å²) < 4.78 is 4.40. The third kappa shape index (κ3) is 3.95. The van der Waals surface area contributed by atoms with Gasteiger partial charge >= 0.3 is 5.97 Å². The summed E-state index contributed by atoms with van der Waals surface area (Å²) in [5, 5.41) is 26.0. The summed E-state index contributed by atoms with van der Waals surface area (Å²) in [6.07, 6.45) is -0.424. The van der Waals surface area contributed by atoms with E-state index in [0.717, 1.165) is 6.08 Å². The quantitative estimate of drug-likeness (QED) is 0.301. The molecule has 0 aromatic rings. The minimum Gasteiger partial charge on any atom is -0.502 e. The zero-order valence-corrected chi connectivity index (χ0v) is 6.73. The highest BCUT2D eigenvalue weighted by Crippen LogP contribution is 1.95. The number of esters is 1. The van der Waals surface area contributed by atoms with Crippen LogP contribution < -0.4 is 0 Å². The number of aliphatic hydroxyl groups excluding tert-OH is 3. The smallest absolute Gasteiger partial charge is 0.373 e. The summed E-state index contributed by atoms with van der Waals surface area (Å²) in [5.74, 6) is -1.61. The van der Waals surface area contributed by atoms with Crippen molar-refractivity contribution < 1.29 is 24.9 Å². The van der Waals surface area contributed by atoms with Crippen molar-refractivity contribution >= 4 is 5.97 Å². The van der Waals surface area contributed by atoms with Crippen molar-refractivity contribution in [1.82, 2.24) is 0 Å². The number of hydrogen-bond donors (Lipinski definition) is 3. The molecule has 0 saturated heterocycles. The molecule has 0 heterocycles. The molecule has 0 aliphatic carbocycles. The second-order valence-electron chi connectivity index (χ2n) is 2.02. The normalized spacial score (nSPS) is 14.1. The van der Waals surface area contributed by atoms with Crippen LogP contribution in [0.5, 0.6) is 0 Å². The molecule has 0 rings (SSSR count). The van der Waals surface area contributed by atoms with Crippen molar-refractivity contribution in [2.45, 2.75) is 13.0 Å². The largest absolute Gasteiger partial charge is 0.502 e. The van der Waals surface area contributed by atoms with Crippen LogP contribution in [0.15, 0.2) is 11.8 Å². The highest BCUT2D eigenvalue weighted by molar-refractivity contribution is 5.85. The second kappa shape index (κ2) is 5.56. The SMILES string of the molecule is CCOC(=O)/C(O)=C/C(O)CO. The van der Waals surface area contributed by atoms with Crippen molar-refractivity contribution in [1.29, 1.82) is 0 Å². The molecule has 0 aliphatic rings. The molecule has 0 aromatic carbocycles. The lowest BCUT2D eigenvalue weighted by atomic mass is 10.3. The van der Waals surface area contributed by atoms with Crippen LogP contribution in [0, 0.1) is 0 Å². The van der Waals surface area contributed by atoms with E-state index in [9.17, 15) is 4.79 Å². The van der Waals surface area contributed by atoms with E-state index in [4.69, 9.17) is 15.3 Å². The zero-order valence-electron chi connectivity index (χ0n) is 6.73. The van der Waals surface area contributed by atoms with Crippen molar-refractivity contribution in [2.75, 3.05) is 13.2 Å². The molecule has 0 spiro atoms. The van der Waals surface area contributed by atoms with E-state index in [2.05, 4.69) is 4.74 Å². The predicted molar refractivity (Wildman–Crippen MR) is 40.4 cm³/mol. The van der Waals surface area contributed by atoms with E-state index in [0.29, 0.717) is 0 Å². The fourth-order valence-electron chi connectivity index (χ4n) is 0.508. The summed E-state index contributed by atoms with van der Waals surface area (Å²) >= 11 is 0. The Hall–Kier alpha value is -1.07. The first kappa shape index (κ1) is 10.9. The predicted octanol–water partition coefficient (Wildman–Crippen LogP) is -0.655. The van der Waals surface area contributed by atoms with E-state index in [1.165, 1.54) is 0 Å². The fraction of sp³-hybridized carbons (Fsp3) is 0.571. The van der Waals surface area contributed by atoms with Gasteiger partial charge in [-0.1, -0.05) is 0 Å². The van der Waals surface area contributed by atoms with Crippen LogP contribution in [0.25, 0.3) is 0 Å². The highest BCUT2D eigenvalue weighted by atomic mass is 16.5. The fourth-order valence-corrected chi connectivity index (χ4v) is 0.508. The molecule has 70 valence electrons. The number of carbonyl (C=O) groups excluding carboxylic acids is 1. The molecule has 1 unspecified atom stereocenters. The van der Waals surface area contributed by atoms with Gasteiger partial charge in [0.15, 0.2) is 5.76 Å². The van der Waals surface area contributed by atoms with E-state index in [-0.39, 0.29) is 6.61 Å². The van der Waals surface area contributed by atoms with E-state index >= 15 is 0 Å². The third-order valence-corrected chi connectivity index (χ3v) is 1.02. The van der Waals surface area contributed by atoms with Gasteiger partial charge in [0.25, 0.3) is 0 Å². The molecule has 0 radical (unpaired) electrons. The third-order valence-electron chi connectivity index (χ3n) is 1.02. The molecule has 0 bridgehead atoms. The van der Waals surface area contributed by atoms with Crippen molar-refractivity contribution in [3.63, 3.8) is 0 Å². The van der Waals surface area contributed by atoms with Gasteiger partial charge in [-0.15, -0.1) is 0 Å². The Morgan fingerprint density at radius 3 is 2.67 bits per heavy atom. The van der Waals surface area contributed by atoms with Crippen LogP contribution >= 0.6 is 0 Å². The van der Waals surface area contributed by atoms with Gasteiger partial charge in [-0.2, -0.15) is 0 Å². The molecular weight excluding hydrogens is 164 g/mol. The van der Waals surface area contributed by atoms with Gasteiger partial charge in [0.2, 0.25) is 0 Å². The summed E-state index contributed by atoms with van der Waals surface area (Å²) in [7, 11) is 0. The summed E-state index contributed by atoms with van der Waals surface area (Å²) in [4.78, 5) is 10.7. The first-order valence-corrected chi connectivity index (χ1v) is 3.48.